The lowest BCUT2D eigenvalue weighted by atomic mass is 9.91. The summed E-state index contributed by atoms with van der Waals surface area (Å²) in [6.45, 7) is 3.32. The summed E-state index contributed by atoms with van der Waals surface area (Å²) in [5.74, 6) is 0.990. The number of rotatable bonds is 5. The van der Waals surface area contributed by atoms with E-state index in [9.17, 15) is 0 Å². The van der Waals surface area contributed by atoms with Gasteiger partial charge in [0.15, 0.2) is 0 Å². The molecule has 1 fully saturated rings. The van der Waals surface area contributed by atoms with E-state index < -0.39 is 0 Å². The third-order valence-corrected chi connectivity index (χ3v) is 4.10. The van der Waals surface area contributed by atoms with Gasteiger partial charge in [-0.3, -0.25) is 0 Å². The molecule has 0 radical (unpaired) electrons. The van der Waals surface area contributed by atoms with Gasteiger partial charge in [0.2, 0.25) is 0 Å². The molecule has 0 bridgehead atoms. The van der Waals surface area contributed by atoms with Crippen molar-refractivity contribution in [3.8, 4) is 5.75 Å². The van der Waals surface area contributed by atoms with E-state index in [0.717, 1.165) is 18.7 Å². The second kappa shape index (κ2) is 6.92. The molecule has 2 N–H and O–H groups in total. The van der Waals surface area contributed by atoms with E-state index in [4.69, 9.17) is 4.74 Å². The van der Waals surface area contributed by atoms with Gasteiger partial charge in [-0.25, -0.2) is 0 Å². The SMILES string of the molecule is CCc1ccc(OC)c(C(NC)C2CCCCN2)c1. The van der Waals surface area contributed by atoms with Crippen molar-refractivity contribution in [1.82, 2.24) is 10.6 Å². The minimum Gasteiger partial charge on any atom is -0.496 e. The number of hydrogen-bond acceptors (Lipinski definition) is 3. The molecule has 106 valence electrons. The zero-order chi connectivity index (χ0) is 13.7. The predicted molar refractivity (Wildman–Crippen MR) is 79.8 cm³/mol. The van der Waals surface area contributed by atoms with Gasteiger partial charge in [-0.2, -0.15) is 0 Å². The molecule has 3 heteroatoms. The van der Waals surface area contributed by atoms with Gasteiger partial charge in [-0.05, 0) is 44.5 Å². The van der Waals surface area contributed by atoms with E-state index in [-0.39, 0.29) is 0 Å². The van der Waals surface area contributed by atoms with Gasteiger partial charge in [0.05, 0.1) is 13.2 Å². The molecule has 1 aliphatic heterocycles. The molecular formula is C16H26N2O. The van der Waals surface area contributed by atoms with Crippen LogP contribution in [0.5, 0.6) is 5.75 Å². The summed E-state index contributed by atoms with van der Waals surface area (Å²) >= 11 is 0. The third-order valence-electron chi connectivity index (χ3n) is 4.10. The Morgan fingerprint density at radius 2 is 2.26 bits per heavy atom. The summed E-state index contributed by atoms with van der Waals surface area (Å²) < 4.78 is 5.55. The van der Waals surface area contributed by atoms with Gasteiger partial charge in [-0.1, -0.05) is 25.5 Å². The van der Waals surface area contributed by atoms with Gasteiger partial charge in [-0.15, -0.1) is 0 Å². The lowest BCUT2D eigenvalue weighted by Crippen LogP contribution is -2.43. The third kappa shape index (κ3) is 3.28. The lowest BCUT2D eigenvalue weighted by Gasteiger charge is -2.32. The number of aryl methyl sites for hydroxylation is 1. The Labute approximate surface area is 116 Å². The Hall–Kier alpha value is -1.06. The monoisotopic (exact) mass is 262 g/mol. The molecule has 0 amide bonds. The van der Waals surface area contributed by atoms with Gasteiger partial charge < -0.3 is 15.4 Å². The maximum Gasteiger partial charge on any atom is 0.123 e. The van der Waals surface area contributed by atoms with E-state index in [1.54, 1.807) is 7.11 Å². The molecule has 2 atom stereocenters. The smallest absolute Gasteiger partial charge is 0.123 e. The summed E-state index contributed by atoms with van der Waals surface area (Å²) in [5, 5.41) is 7.11. The van der Waals surface area contributed by atoms with Gasteiger partial charge in [0.1, 0.15) is 5.75 Å². The fourth-order valence-electron chi connectivity index (χ4n) is 2.98. The first-order chi connectivity index (χ1) is 9.30. The molecule has 2 rings (SSSR count). The molecule has 0 saturated carbocycles. The first kappa shape index (κ1) is 14.4. The van der Waals surface area contributed by atoms with E-state index in [2.05, 4.69) is 35.8 Å². The summed E-state index contributed by atoms with van der Waals surface area (Å²) in [7, 11) is 3.80. The number of ether oxygens (including phenoxy) is 1. The van der Waals surface area contributed by atoms with Crippen molar-refractivity contribution in [1.29, 1.82) is 0 Å². The van der Waals surface area contributed by atoms with Crippen molar-refractivity contribution in [2.45, 2.75) is 44.7 Å². The molecule has 1 aromatic carbocycles. The highest BCUT2D eigenvalue weighted by atomic mass is 16.5. The molecule has 2 unspecified atom stereocenters. The summed E-state index contributed by atoms with van der Waals surface area (Å²) in [5.41, 5.74) is 2.65. The molecule has 0 aromatic heterocycles. The van der Waals surface area contributed by atoms with Crippen molar-refractivity contribution in [3.05, 3.63) is 29.3 Å². The summed E-state index contributed by atoms with van der Waals surface area (Å²) in [4.78, 5) is 0. The normalized spacial score (nSPS) is 21.1. The second-order valence-electron chi connectivity index (χ2n) is 5.25. The van der Waals surface area contributed by atoms with Crippen LogP contribution in [-0.2, 0) is 6.42 Å². The van der Waals surface area contributed by atoms with Crippen LogP contribution in [0.3, 0.4) is 0 Å². The van der Waals surface area contributed by atoms with Crippen LogP contribution in [0.25, 0.3) is 0 Å². The Balaban J connectivity index is 2.29. The number of methoxy groups -OCH3 is 1. The molecule has 0 aliphatic carbocycles. The van der Waals surface area contributed by atoms with Crippen molar-refractivity contribution >= 4 is 0 Å². The zero-order valence-corrected chi connectivity index (χ0v) is 12.3. The average Bonchev–Trinajstić information content (AvgIpc) is 2.49. The van der Waals surface area contributed by atoms with E-state index >= 15 is 0 Å². The van der Waals surface area contributed by atoms with Crippen LogP contribution < -0.4 is 15.4 Å². The minimum atomic E-state index is 0.321. The molecule has 1 saturated heterocycles. The van der Waals surface area contributed by atoms with Crippen LogP contribution in [0.2, 0.25) is 0 Å². The predicted octanol–water partition coefficient (Wildman–Crippen LogP) is 2.66. The van der Waals surface area contributed by atoms with Crippen LogP contribution >= 0.6 is 0 Å². The van der Waals surface area contributed by atoms with Gasteiger partial charge in [0.25, 0.3) is 0 Å². The Bertz CT molecular complexity index is 400. The number of benzene rings is 1. The largest absolute Gasteiger partial charge is 0.496 e. The quantitative estimate of drug-likeness (QED) is 0.856. The fraction of sp³-hybridized carbons (Fsp3) is 0.625. The van der Waals surface area contributed by atoms with Crippen LogP contribution in [0.15, 0.2) is 18.2 Å². The first-order valence-electron chi connectivity index (χ1n) is 7.37. The Kier molecular flexibility index (Phi) is 5.23. The summed E-state index contributed by atoms with van der Waals surface area (Å²) in [6.07, 6.45) is 4.89. The Morgan fingerprint density at radius 1 is 1.42 bits per heavy atom. The first-order valence-corrected chi connectivity index (χ1v) is 7.37. The number of hydrogen-bond donors (Lipinski definition) is 2. The number of piperidine rings is 1. The summed E-state index contributed by atoms with van der Waals surface area (Å²) in [6, 6.07) is 7.36. The molecule has 0 spiro atoms. The van der Waals surface area contributed by atoms with Crippen LogP contribution in [-0.4, -0.2) is 26.7 Å². The number of nitrogens with one attached hydrogen (secondary N) is 2. The van der Waals surface area contributed by atoms with Crippen LogP contribution in [0.4, 0.5) is 0 Å². The minimum absolute atomic E-state index is 0.321. The zero-order valence-electron chi connectivity index (χ0n) is 12.3. The highest BCUT2D eigenvalue weighted by Gasteiger charge is 2.25. The molecule has 19 heavy (non-hydrogen) atoms. The van der Waals surface area contributed by atoms with Crippen molar-refractivity contribution in [2.24, 2.45) is 0 Å². The molecule has 1 aliphatic rings. The van der Waals surface area contributed by atoms with Crippen LogP contribution in [0, 0.1) is 0 Å². The van der Waals surface area contributed by atoms with Gasteiger partial charge in [0, 0.05) is 11.6 Å². The number of likely N-dealkylation sites (N-methyl/N-ethyl adjacent to an activating group) is 1. The van der Waals surface area contributed by atoms with Crippen molar-refractivity contribution in [2.75, 3.05) is 20.7 Å². The van der Waals surface area contributed by atoms with E-state index in [1.165, 1.54) is 30.4 Å². The average molecular weight is 262 g/mol. The second-order valence-corrected chi connectivity index (χ2v) is 5.25. The van der Waals surface area contributed by atoms with Crippen molar-refractivity contribution < 1.29 is 4.74 Å². The molecular weight excluding hydrogens is 236 g/mol. The standard InChI is InChI=1S/C16H26N2O/c1-4-12-8-9-15(19-3)13(11-12)16(17-2)14-7-5-6-10-18-14/h8-9,11,14,16-18H,4-7,10H2,1-3H3. The fourth-order valence-corrected chi connectivity index (χ4v) is 2.98. The Morgan fingerprint density at radius 3 is 2.84 bits per heavy atom. The highest BCUT2D eigenvalue weighted by molar-refractivity contribution is 5.40. The molecule has 3 nitrogen and oxygen atoms in total. The molecule has 1 heterocycles. The molecule has 1 aromatic rings. The van der Waals surface area contributed by atoms with Crippen LogP contribution in [0.1, 0.15) is 43.4 Å². The lowest BCUT2D eigenvalue weighted by molar-refractivity contribution is 0.316. The van der Waals surface area contributed by atoms with Gasteiger partial charge >= 0.3 is 0 Å². The van der Waals surface area contributed by atoms with Crippen molar-refractivity contribution in [3.63, 3.8) is 0 Å². The maximum absolute atomic E-state index is 5.55. The van der Waals surface area contributed by atoms with E-state index in [1.807, 2.05) is 7.05 Å². The highest BCUT2D eigenvalue weighted by Crippen LogP contribution is 2.31. The van der Waals surface area contributed by atoms with E-state index in [0.29, 0.717) is 12.1 Å². The maximum atomic E-state index is 5.55. The topological polar surface area (TPSA) is 33.3 Å².